The molecule has 106 valence electrons. The van der Waals surface area contributed by atoms with Crippen LogP contribution in [0.25, 0.3) is 0 Å². The van der Waals surface area contributed by atoms with E-state index in [9.17, 15) is 4.39 Å². The molecule has 0 aliphatic heterocycles. The molecule has 1 aliphatic carbocycles. The molecule has 2 heteroatoms. The lowest BCUT2D eigenvalue weighted by atomic mass is 9.79. The maximum Gasteiger partial charge on any atom is 0.123 e. The summed E-state index contributed by atoms with van der Waals surface area (Å²) in [5.74, 6) is 1.43. The number of halogens is 1. The molecule has 19 heavy (non-hydrogen) atoms. The van der Waals surface area contributed by atoms with Crippen molar-refractivity contribution in [3.05, 3.63) is 35.6 Å². The monoisotopic (exact) mass is 263 g/mol. The van der Waals surface area contributed by atoms with Gasteiger partial charge in [0, 0.05) is 12.1 Å². The van der Waals surface area contributed by atoms with Crippen LogP contribution in [0.1, 0.15) is 58.1 Å². The van der Waals surface area contributed by atoms with Crippen molar-refractivity contribution in [2.45, 2.75) is 58.5 Å². The fourth-order valence-electron chi connectivity index (χ4n) is 3.34. The topological polar surface area (TPSA) is 12.0 Å². The lowest BCUT2D eigenvalue weighted by Gasteiger charge is -2.36. The molecule has 1 fully saturated rings. The Morgan fingerprint density at radius 2 is 2.11 bits per heavy atom. The first-order valence-corrected chi connectivity index (χ1v) is 7.61. The van der Waals surface area contributed by atoms with E-state index in [1.54, 1.807) is 12.1 Å². The molecule has 4 unspecified atom stereocenters. The fourth-order valence-corrected chi connectivity index (χ4v) is 3.34. The minimum absolute atomic E-state index is 0.136. The van der Waals surface area contributed by atoms with E-state index in [4.69, 9.17) is 0 Å². The number of hydrogen-bond acceptors (Lipinski definition) is 1. The zero-order valence-corrected chi connectivity index (χ0v) is 12.3. The van der Waals surface area contributed by atoms with Crippen molar-refractivity contribution in [1.29, 1.82) is 0 Å². The highest BCUT2D eigenvalue weighted by molar-refractivity contribution is 5.20. The molecule has 1 aromatic carbocycles. The van der Waals surface area contributed by atoms with Crippen molar-refractivity contribution in [3.8, 4) is 0 Å². The summed E-state index contributed by atoms with van der Waals surface area (Å²) in [5.41, 5.74) is 1.08. The van der Waals surface area contributed by atoms with E-state index >= 15 is 0 Å². The predicted molar refractivity (Wildman–Crippen MR) is 78.5 cm³/mol. The summed E-state index contributed by atoms with van der Waals surface area (Å²) in [4.78, 5) is 0. The normalized spacial score (nSPS) is 29.2. The van der Waals surface area contributed by atoms with Gasteiger partial charge in [0.2, 0.25) is 0 Å². The van der Waals surface area contributed by atoms with Gasteiger partial charge >= 0.3 is 0 Å². The van der Waals surface area contributed by atoms with Gasteiger partial charge in [0.25, 0.3) is 0 Å². The molecule has 4 atom stereocenters. The summed E-state index contributed by atoms with van der Waals surface area (Å²) in [6.45, 7) is 6.85. The lowest BCUT2D eigenvalue weighted by Crippen LogP contribution is -2.41. The van der Waals surface area contributed by atoms with Gasteiger partial charge in [-0.1, -0.05) is 32.9 Å². The summed E-state index contributed by atoms with van der Waals surface area (Å²) in [6.07, 6.45) is 4.86. The Balaban J connectivity index is 2.03. The van der Waals surface area contributed by atoms with Gasteiger partial charge in [-0.25, -0.2) is 4.39 Å². The molecule has 1 aromatic rings. The van der Waals surface area contributed by atoms with Crippen LogP contribution < -0.4 is 5.32 Å². The molecule has 0 bridgehead atoms. The molecule has 0 amide bonds. The third-order valence-corrected chi connectivity index (χ3v) is 4.51. The molecule has 1 aliphatic rings. The zero-order valence-electron chi connectivity index (χ0n) is 12.3. The van der Waals surface area contributed by atoms with Crippen LogP contribution in [0.4, 0.5) is 4.39 Å². The highest BCUT2D eigenvalue weighted by Gasteiger charge is 2.27. The standard InChI is InChI=1S/C17H26FN/c1-4-16(14-6-5-7-15(18)11-14)19-17-9-8-12(2)10-13(17)3/h5-7,11-13,16-17,19H,4,8-10H2,1-3H3. The smallest absolute Gasteiger partial charge is 0.123 e. The minimum atomic E-state index is -0.136. The number of hydrogen-bond donors (Lipinski definition) is 1. The molecule has 1 saturated carbocycles. The minimum Gasteiger partial charge on any atom is -0.307 e. The first-order valence-electron chi connectivity index (χ1n) is 7.61. The van der Waals surface area contributed by atoms with Crippen LogP contribution in [0.15, 0.2) is 24.3 Å². The van der Waals surface area contributed by atoms with Gasteiger partial charge in [0.15, 0.2) is 0 Å². The Kier molecular flexibility index (Phi) is 4.98. The van der Waals surface area contributed by atoms with Crippen molar-refractivity contribution in [2.75, 3.05) is 0 Å². The maximum atomic E-state index is 13.3. The maximum absolute atomic E-state index is 13.3. The van der Waals surface area contributed by atoms with Gasteiger partial charge in [-0.3, -0.25) is 0 Å². The number of rotatable bonds is 4. The van der Waals surface area contributed by atoms with Crippen LogP contribution in [0.2, 0.25) is 0 Å². The van der Waals surface area contributed by atoms with Gasteiger partial charge in [-0.05, 0) is 55.2 Å². The average Bonchev–Trinajstić information content (AvgIpc) is 2.38. The largest absolute Gasteiger partial charge is 0.307 e. The third-order valence-electron chi connectivity index (χ3n) is 4.51. The molecule has 0 aromatic heterocycles. The highest BCUT2D eigenvalue weighted by atomic mass is 19.1. The summed E-state index contributed by atoms with van der Waals surface area (Å²) in [6, 6.07) is 7.86. The average molecular weight is 263 g/mol. The molecule has 2 rings (SSSR count). The van der Waals surface area contributed by atoms with Gasteiger partial charge in [-0.2, -0.15) is 0 Å². The van der Waals surface area contributed by atoms with Crippen LogP contribution in [-0.4, -0.2) is 6.04 Å². The van der Waals surface area contributed by atoms with Crippen LogP contribution >= 0.6 is 0 Å². The van der Waals surface area contributed by atoms with Crippen LogP contribution in [0.5, 0.6) is 0 Å². The van der Waals surface area contributed by atoms with Gasteiger partial charge in [-0.15, -0.1) is 0 Å². The molecule has 0 heterocycles. The van der Waals surface area contributed by atoms with E-state index in [-0.39, 0.29) is 11.9 Å². The first-order chi connectivity index (χ1) is 9.10. The Labute approximate surface area is 116 Å². The second kappa shape index (κ2) is 6.51. The molecule has 1 nitrogen and oxygen atoms in total. The van der Waals surface area contributed by atoms with Crippen molar-refractivity contribution >= 4 is 0 Å². The van der Waals surface area contributed by atoms with Crippen molar-refractivity contribution in [3.63, 3.8) is 0 Å². The molecular formula is C17H26FN. The summed E-state index contributed by atoms with van der Waals surface area (Å²) in [7, 11) is 0. The van der Waals surface area contributed by atoms with Gasteiger partial charge < -0.3 is 5.32 Å². The molecule has 0 spiro atoms. The molecular weight excluding hydrogens is 237 g/mol. The second-order valence-corrected chi connectivity index (χ2v) is 6.18. The second-order valence-electron chi connectivity index (χ2n) is 6.18. The van der Waals surface area contributed by atoms with E-state index in [1.807, 2.05) is 6.07 Å². The van der Waals surface area contributed by atoms with E-state index in [1.165, 1.54) is 25.3 Å². The van der Waals surface area contributed by atoms with Crippen LogP contribution in [0.3, 0.4) is 0 Å². The Morgan fingerprint density at radius 1 is 1.32 bits per heavy atom. The number of benzene rings is 1. The predicted octanol–water partition coefficient (Wildman–Crippen LogP) is 4.69. The third kappa shape index (κ3) is 3.79. The summed E-state index contributed by atoms with van der Waals surface area (Å²) in [5, 5.41) is 3.75. The zero-order chi connectivity index (χ0) is 13.8. The van der Waals surface area contributed by atoms with E-state index in [0.717, 1.165) is 17.9 Å². The fraction of sp³-hybridized carbons (Fsp3) is 0.647. The number of nitrogens with one attached hydrogen (secondary N) is 1. The SMILES string of the molecule is CCC(NC1CCC(C)CC1C)c1cccc(F)c1. The Bertz CT molecular complexity index is 404. The van der Waals surface area contributed by atoms with Gasteiger partial charge in [0.1, 0.15) is 5.82 Å². The Hall–Kier alpha value is -0.890. The van der Waals surface area contributed by atoms with Crippen LogP contribution in [0, 0.1) is 17.7 Å². The highest BCUT2D eigenvalue weighted by Crippen LogP contribution is 2.31. The van der Waals surface area contributed by atoms with E-state index in [0.29, 0.717) is 12.0 Å². The van der Waals surface area contributed by atoms with E-state index in [2.05, 4.69) is 26.1 Å². The molecule has 0 radical (unpaired) electrons. The van der Waals surface area contributed by atoms with Crippen LogP contribution in [-0.2, 0) is 0 Å². The molecule has 1 N–H and O–H groups in total. The lowest BCUT2D eigenvalue weighted by molar-refractivity contribution is 0.212. The Morgan fingerprint density at radius 3 is 2.74 bits per heavy atom. The van der Waals surface area contributed by atoms with Crippen molar-refractivity contribution < 1.29 is 4.39 Å². The van der Waals surface area contributed by atoms with E-state index < -0.39 is 0 Å². The van der Waals surface area contributed by atoms with Gasteiger partial charge in [0.05, 0.1) is 0 Å². The van der Waals surface area contributed by atoms with Crippen molar-refractivity contribution in [2.24, 2.45) is 11.8 Å². The quantitative estimate of drug-likeness (QED) is 0.831. The van der Waals surface area contributed by atoms with Crippen molar-refractivity contribution in [1.82, 2.24) is 5.32 Å². The first kappa shape index (κ1) is 14.5. The summed E-state index contributed by atoms with van der Waals surface area (Å²) >= 11 is 0. The molecule has 0 saturated heterocycles. The summed E-state index contributed by atoms with van der Waals surface area (Å²) < 4.78 is 13.3.